The third kappa shape index (κ3) is 5.00. The lowest BCUT2D eigenvalue weighted by Gasteiger charge is -2.47. The van der Waals surface area contributed by atoms with Gasteiger partial charge in [-0.2, -0.15) is 4.98 Å². The fourth-order valence-corrected chi connectivity index (χ4v) is 6.68. The maximum absolute atomic E-state index is 15.2. The number of hydrogen-bond acceptors (Lipinski definition) is 7. The number of quaternary nitrogens is 1. The molecule has 0 spiro atoms. The Balaban J connectivity index is 1.61. The number of hydrogen-bond donors (Lipinski definition) is 2. The van der Waals surface area contributed by atoms with Crippen LogP contribution in [0.4, 0.5) is 15.0 Å². The minimum atomic E-state index is -1.10. The highest BCUT2D eigenvalue weighted by Gasteiger charge is 2.57. The number of benzene rings is 1. The fraction of sp³-hybridized carbons (Fsp3) is 0.586. The molecule has 40 heavy (non-hydrogen) atoms. The molecule has 2 N–H and O–H groups in total. The Morgan fingerprint density at radius 1 is 1.20 bits per heavy atom. The van der Waals surface area contributed by atoms with Gasteiger partial charge in [-0.1, -0.05) is 24.6 Å². The first-order valence-corrected chi connectivity index (χ1v) is 14.4. The minimum absolute atomic E-state index is 0.0139. The highest BCUT2D eigenvalue weighted by molar-refractivity contribution is 6.30. The van der Waals surface area contributed by atoms with Gasteiger partial charge in [-0.05, 0) is 63.6 Å². The Kier molecular flexibility index (Phi) is 7.67. The highest BCUT2D eigenvalue weighted by Crippen LogP contribution is 2.48. The van der Waals surface area contributed by atoms with Gasteiger partial charge in [-0.15, -0.1) is 0 Å². The number of likely N-dealkylation sites (tertiary alicyclic amines) is 1. The summed E-state index contributed by atoms with van der Waals surface area (Å²) in [4.78, 5) is 38.8. The van der Waals surface area contributed by atoms with Gasteiger partial charge in [0.1, 0.15) is 36.3 Å². The number of piperazine rings is 1. The van der Waals surface area contributed by atoms with Crippen molar-refractivity contribution in [2.75, 3.05) is 39.3 Å². The van der Waals surface area contributed by atoms with E-state index in [0.29, 0.717) is 62.5 Å². The van der Waals surface area contributed by atoms with Gasteiger partial charge in [-0.3, -0.25) is 0 Å². The van der Waals surface area contributed by atoms with E-state index < -0.39 is 29.0 Å². The van der Waals surface area contributed by atoms with Crippen molar-refractivity contribution in [1.82, 2.24) is 24.7 Å². The van der Waals surface area contributed by atoms with E-state index >= 15 is 4.79 Å². The summed E-state index contributed by atoms with van der Waals surface area (Å²) in [5.41, 5.74) is 0.199. The van der Waals surface area contributed by atoms with Crippen molar-refractivity contribution < 1.29 is 23.8 Å². The average Bonchev–Trinajstić information content (AvgIpc) is 3.22. The molecule has 9 nitrogen and oxygen atoms in total. The van der Waals surface area contributed by atoms with E-state index in [1.165, 1.54) is 18.5 Å². The molecule has 0 bridgehead atoms. The van der Waals surface area contributed by atoms with E-state index in [1.54, 1.807) is 11.0 Å². The minimum Gasteiger partial charge on any atom is -0.444 e. The van der Waals surface area contributed by atoms with E-state index in [9.17, 15) is 14.3 Å². The number of carbonyl (C=O) groups is 2. The van der Waals surface area contributed by atoms with Crippen LogP contribution in [0, 0.1) is 5.82 Å². The Labute approximate surface area is 239 Å². The second kappa shape index (κ2) is 10.6. The number of ether oxygens (including phenoxy) is 1. The van der Waals surface area contributed by atoms with Crippen LogP contribution in [0.2, 0.25) is 5.02 Å². The standard InChI is InChI=1S/C29H38ClFN5O4/c1-18-15-22(37)24-23(18)25(34-17-33-24)36(13-9-32-10-14-36)26(38)29(19-5-6-20(30)21(31)16-19)7-11-35(12-8-29)27(39)40-28(2,3)4/h5-6,16-18,22,32,37H,7-15H2,1-4H3/q+1/t18-,22-/m1/s1. The monoisotopic (exact) mass is 574 g/mol. The van der Waals surface area contributed by atoms with Gasteiger partial charge < -0.3 is 20.1 Å². The van der Waals surface area contributed by atoms with Crippen LogP contribution < -0.4 is 9.80 Å². The topological polar surface area (TPSA) is 105 Å². The largest absolute Gasteiger partial charge is 0.444 e. The zero-order valence-corrected chi connectivity index (χ0v) is 24.3. The van der Waals surface area contributed by atoms with Gasteiger partial charge in [0, 0.05) is 26.2 Å². The number of carbonyl (C=O) groups excluding carboxylic acids is 2. The third-order valence-corrected chi connectivity index (χ3v) is 8.87. The lowest BCUT2D eigenvalue weighted by Crippen LogP contribution is -2.69. The lowest BCUT2D eigenvalue weighted by molar-refractivity contribution is -0.139. The number of aromatic nitrogens is 2. The van der Waals surface area contributed by atoms with Crippen molar-refractivity contribution in [3.8, 4) is 0 Å². The van der Waals surface area contributed by atoms with Crippen LogP contribution in [0.1, 0.15) is 75.8 Å². The van der Waals surface area contributed by atoms with Gasteiger partial charge in [0.2, 0.25) is 5.82 Å². The SMILES string of the molecule is C[C@@H]1C[C@@H](O)c2ncnc([N+]3(C(=O)C4(c5ccc(Cl)c(F)c5)CCN(C(=O)OC(C)(C)C)CC4)CCNCC3)c21. The number of halogens is 2. The molecule has 2 aromatic rings. The molecular weight excluding hydrogens is 537 g/mol. The molecule has 2 fully saturated rings. The first-order chi connectivity index (χ1) is 18.9. The molecule has 1 aliphatic carbocycles. The fourth-order valence-electron chi connectivity index (χ4n) is 6.56. The number of rotatable bonds is 3. The van der Waals surface area contributed by atoms with Crippen molar-refractivity contribution >= 4 is 29.4 Å². The van der Waals surface area contributed by atoms with Crippen LogP contribution in [-0.4, -0.2) is 76.8 Å². The summed E-state index contributed by atoms with van der Waals surface area (Å²) in [7, 11) is 0. The molecule has 0 saturated carbocycles. The second-order valence-electron chi connectivity index (χ2n) is 12.3. The molecule has 1 aromatic heterocycles. The zero-order chi connectivity index (χ0) is 28.9. The molecule has 3 aliphatic rings. The summed E-state index contributed by atoms with van der Waals surface area (Å²) in [6.45, 7) is 10.1. The lowest BCUT2D eigenvalue weighted by atomic mass is 9.70. The summed E-state index contributed by atoms with van der Waals surface area (Å²) in [6, 6.07) is 4.57. The summed E-state index contributed by atoms with van der Waals surface area (Å²) in [5, 5.41) is 14.0. The molecule has 1 aromatic carbocycles. The number of aliphatic hydroxyl groups excluding tert-OH is 1. The number of fused-ring (bicyclic) bond motifs is 1. The molecule has 0 unspecified atom stereocenters. The summed E-state index contributed by atoms with van der Waals surface area (Å²) in [6.07, 6.45) is 1.41. The van der Waals surface area contributed by atoms with E-state index in [4.69, 9.17) is 21.3 Å². The number of amides is 2. The van der Waals surface area contributed by atoms with Crippen LogP contribution in [-0.2, 0) is 14.9 Å². The van der Waals surface area contributed by atoms with E-state index in [0.717, 1.165) is 5.56 Å². The second-order valence-corrected chi connectivity index (χ2v) is 12.7. The van der Waals surface area contributed by atoms with Crippen molar-refractivity contribution in [3.63, 3.8) is 0 Å². The van der Waals surface area contributed by atoms with Crippen molar-refractivity contribution in [1.29, 1.82) is 0 Å². The molecule has 2 aliphatic heterocycles. The number of aliphatic hydroxyl groups is 1. The van der Waals surface area contributed by atoms with E-state index in [2.05, 4.69) is 10.3 Å². The molecular formula is C29H38ClFN5O4+. The predicted molar refractivity (Wildman–Crippen MR) is 150 cm³/mol. The molecule has 2 atom stereocenters. The first kappa shape index (κ1) is 28.9. The number of piperidine rings is 1. The Hall–Kier alpha value is -2.66. The van der Waals surface area contributed by atoms with Crippen LogP contribution in [0.3, 0.4) is 0 Å². The summed E-state index contributed by atoms with van der Waals surface area (Å²) < 4.78 is 20.5. The normalized spacial score (nSPS) is 23.9. The van der Waals surface area contributed by atoms with Gasteiger partial charge in [-0.25, -0.2) is 23.4 Å². The molecule has 2 saturated heterocycles. The van der Waals surface area contributed by atoms with Crippen molar-refractivity contribution in [3.05, 3.63) is 52.2 Å². The van der Waals surface area contributed by atoms with Crippen molar-refractivity contribution in [2.24, 2.45) is 0 Å². The highest BCUT2D eigenvalue weighted by atomic mass is 35.5. The predicted octanol–water partition coefficient (Wildman–Crippen LogP) is 4.22. The number of nitrogens with one attached hydrogen (secondary N) is 1. The van der Waals surface area contributed by atoms with Crippen LogP contribution in [0.5, 0.6) is 0 Å². The van der Waals surface area contributed by atoms with Gasteiger partial charge in [0.25, 0.3) is 0 Å². The number of nitrogens with zero attached hydrogens (tertiary/aromatic N) is 4. The smallest absolute Gasteiger partial charge is 0.410 e. The van der Waals surface area contributed by atoms with E-state index in [-0.39, 0.29) is 34.4 Å². The van der Waals surface area contributed by atoms with Crippen molar-refractivity contribution in [2.45, 2.75) is 70.0 Å². The molecule has 0 radical (unpaired) electrons. The maximum Gasteiger partial charge on any atom is 0.410 e. The zero-order valence-electron chi connectivity index (χ0n) is 23.5. The summed E-state index contributed by atoms with van der Waals surface area (Å²) in [5.74, 6) is -0.0812. The Morgan fingerprint density at radius 3 is 2.50 bits per heavy atom. The van der Waals surface area contributed by atoms with Crippen LogP contribution in [0.25, 0.3) is 0 Å². The van der Waals surface area contributed by atoms with Crippen LogP contribution in [0.15, 0.2) is 24.5 Å². The Bertz CT molecular complexity index is 1300. The van der Waals surface area contributed by atoms with E-state index in [1.807, 2.05) is 27.7 Å². The molecule has 5 rings (SSSR count). The molecule has 216 valence electrons. The first-order valence-electron chi connectivity index (χ1n) is 14.0. The van der Waals surface area contributed by atoms with Gasteiger partial charge >= 0.3 is 12.0 Å². The third-order valence-electron chi connectivity index (χ3n) is 8.56. The molecule has 2 amide bonds. The van der Waals surface area contributed by atoms with Crippen LogP contribution >= 0.6 is 11.6 Å². The maximum atomic E-state index is 15.2. The molecule has 11 heteroatoms. The molecule has 3 heterocycles. The van der Waals surface area contributed by atoms with Gasteiger partial charge in [0.15, 0.2) is 0 Å². The average molecular weight is 575 g/mol. The summed E-state index contributed by atoms with van der Waals surface area (Å²) >= 11 is 6.05. The quantitative estimate of drug-likeness (QED) is 0.529. The van der Waals surface area contributed by atoms with Gasteiger partial charge in [0.05, 0.1) is 22.4 Å². The Morgan fingerprint density at radius 2 is 1.88 bits per heavy atom.